The second-order valence-electron chi connectivity index (χ2n) is 7.84. The van der Waals surface area contributed by atoms with Crippen molar-refractivity contribution in [3.63, 3.8) is 0 Å². The van der Waals surface area contributed by atoms with E-state index in [1.807, 2.05) is 6.92 Å². The fourth-order valence-electron chi connectivity index (χ4n) is 4.51. The van der Waals surface area contributed by atoms with Gasteiger partial charge in [0.05, 0.1) is 16.7 Å². The van der Waals surface area contributed by atoms with Crippen molar-refractivity contribution in [2.45, 2.75) is 63.6 Å². The summed E-state index contributed by atoms with van der Waals surface area (Å²) in [7, 11) is 0. The first kappa shape index (κ1) is 20.7. The number of hydrogen-bond donors (Lipinski definition) is 1. The number of fused-ring (bicyclic) bond motifs is 4. The highest BCUT2D eigenvalue weighted by Crippen LogP contribution is 2.38. The van der Waals surface area contributed by atoms with Crippen LogP contribution < -0.4 is 10.9 Å². The number of anilines is 1. The van der Waals surface area contributed by atoms with Crippen LogP contribution in [0, 0.1) is 11.3 Å². The number of aryl methyl sites for hydroxylation is 3. The molecule has 0 unspecified atom stereocenters. The van der Waals surface area contributed by atoms with Gasteiger partial charge in [-0.2, -0.15) is 5.26 Å². The largest absolute Gasteiger partial charge is 0.316 e. The molecular formula is C22H22N4O2S3. The number of carbonyl (C=O) groups excluding carboxylic acids is 1. The van der Waals surface area contributed by atoms with Crippen LogP contribution in [0.1, 0.15) is 52.6 Å². The molecule has 2 aliphatic rings. The molecule has 0 fully saturated rings. The van der Waals surface area contributed by atoms with Crippen LogP contribution >= 0.6 is 34.4 Å². The van der Waals surface area contributed by atoms with E-state index in [0.717, 1.165) is 60.7 Å². The average molecular weight is 471 g/mol. The molecule has 0 bridgehead atoms. The molecule has 0 aromatic carbocycles. The Labute approximate surface area is 192 Å². The molecule has 9 heteroatoms. The van der Waals surface area contributed by atoms with E-state index >= 15 is 0 Å². The van der Waals surface area contributed by atoms with E-state index in [4.69, 9.17) is 4.98 Å². The van der Waals surface area contributed by atoms with Crippen LogP contribution in [0.2, 0.25) is 0 Å². The zero-order valence-corrected chi connectivity index (χ0v) is 19.7. The molecule has 5 rings (SSSR count). The van der Waals surface area contributed by atoms with Crippen LogP contribution in [0.3, 0.4) is 0 Å². The molecule has 31 heavy (non-hydrogen) atoms. The van der Waals surface area contributed by atoms with Crippen molar-refractivity contribution in [3.8, 4) is 6.07 Å². The fourth-order valence-corrected chi connectivity index (χ4v) is 7.93. The Kier molecular flexibility index (Phi) is 5.63. The van der Waals surface area contributed by atoms with Gasteiger partial charge in [-0.15, -0.1) is 22.7 Å². The molecule has 0 atom stereocenters. The molecule has 0 saturated carbocycles. The molecule has 0 aliphatic heterocycles. The highest BCUT2D eigenvalue weighted by Gasteiger charge is 2.24. The summed E-state index contributed by atoms with van der Waals surface area (Å²) < 4.78 is 1.68. The summed E-state index contributed by atoms with van der Waals surface area (Å²) >= 11 is 4.43. The van der Waals surface area contributed by atoms with Crippen LogP contribution in [0.5, 0.6) is 0 Å². The Bertz CT molecular complexity index is 1300. The lowest BCUT2D eigenvalue weighted by atomic mass is 9.96. The zero-order valence-electron chi connectivity index (χ0n) is 17.2. The third-order valence-corrected chi connectivity index (χ3v) is 9.34. The highest BCUT2D eigenvalue weighted by atomic mass is 32.2. The monoisotopic (exact) mass is 470 g/mol. The Balaban J connectivity index is 1.37. The van der Waals surface area contributed by atoms with Crippen molar-refractivity contribution in [3.05, 3.63) is 36.8 Å². The van der Waals surface area contributed by atoms with Crippen molar-refractivity contribution in [1.82, 2.24) is 9.55 Å². The van der Waals surface area contributed by atoms with Crippen LogP contribution in [0.15, 0.2) is 9.95 Å². The Morgan fingerprint density at radius 1 is 1.16 bits per heavy atom. The molecule has 0 saturated heterocycles. The van der Waals surface area contributed by atoms with Crippen molar-refractivity contribution >= 4 is 55.6 Å². The number of rotatable bonds is 5. The Morgan fingerprint density at radius 3 is 2.71 bits per heavy atom. The number of nitrogens with one attached hydrogen (secondary N) is 1. The summed E-state index contributed by atoms with van der Waals surface area (Å²) in [5.74, 6) is -0.0259. The van der Waals surface area contributed by atoms with E-state index in [0.29, 0.717) is 22.3 Å². The summed E-state index contributed by atoms with van der Waals surface area (Å²) in [6, 6.07) is 2.28. The second kappa shape index (κ2) is 8.41. The normalized spacial score (nSPS) is 15.0. The van der Waals surface area contributed by atoms with Crippen LogP contribution in [0.25, 0.3) is 10.2 Å². The molecule has 3 aromatic heterocycles. The van der Waals surface area contributed by atoms with Crippen molar-refractivity contribution in [1.29, 1.82) is 5.26 Å². The minimum atomic E-state index is -0.175. The van der Waals surface area contributed by atoms with Crippen molar-refractivity contribution < 1.29 is 4.79 Å². The molecule has 1 amide bonds. The minimum absolute atomic E-state index is 0.00695. The smallest absolute Gasteiger partial charge is 0.263 e. The molecule has 0 radical (unpaired) electrons. The van der Waals surface area contributed by atoms with Gasteiger partial charge in [-0.25, -0.2) is 4.98 Å². The topological polar surface area (TPSA) is 87.8 Å². The number of hydrogen-bond acceptors (Lipinski definition) is 7. The lowest BCUT2D eigenvalue weighted by Crippen LogP contribution is -2.23. The Morgan fingerprint density at radius 2 is 1.90 bits per heavy atom. The SMILES string of the molecule is CCn1c(SCC(=O)Nc2sc3c(c2C#N)CCCC3)nc2sc3c(c2c1=O)CCC3. The molecule has 0 spiro atoms. The molecule has 1 N–H and O–H groups in total. The van der Waals surface area contributed by atoms with E-state index < -0.39 is 0 Å². The molecule has 160 valence electrons. The second-order valence-corrected chi connectivity index (χ2v) is 11.0. The van der Waals surface area contributed by atoms with Crippen molar-refractivity contribution in [2.24, 2.45) is 0 Å². The molecule has 2 aliphatic carbocycles. The number of nitriles is 1. The van der Waals surface area contributed by atoms with E-state index in [1.54, 1.807) is 15.9 Å². The van der Waals surface area contributed by atoms with E-state index in [-0.39, 0.29) is 17.2 Å². The first-order valence-corrected chi connectivity index (χ1v) is 13.2. The summed E-state index contributed by atoms with van der Waals surface area (Å²) in [6.07, 6.45) is 7.21. The van der Waals surface area contributed by atoms with E-state index in [2.05, 4.69) is 11.4 Å². The van der Waals surface area contributed by atoms with Crippen molar-refractivity contribution in [2.75, 3.05) is 11.1 Å². The van der Waals surface area contributed by atoms with Gasteiger partial charge in [0.15, 0.2) is 5.16 Å². The number of amides is 1. The summed E-state index contributed by atoms with van der Waals surface area (Å²) in [5, 5.41) is 14.5. The van der Waals surface area contributed by atoms with Gasteiger partial charge in [0.25, 0.3) is 5.56 Å². The summed E-state index contributed by atoms with van der Waals surface area (Å²) in [4.78, 5) is 33.8. The van der Waals surface area contributed by atoms with Crippen LogP contribution in [0.4, 0.5) is 5.00 Å². The number of carbonyl (C=O) groups is 1. The zero-order chi connectivity index (χ0) is 21.5. The minimum Gasteiger partial charge on any atom is -0.316 e. The fraction of sp³-hybridized carbons (Fsp3) is 0.455. The Hall–Kier alpha value is -2.15. The van der Waals surface area contributed by atoms with Gasteiger partial charge >= 0.3 is 0 Å². The number of nitrogens with zero attached hydrogens (tertiary/aromatic N) is 3. The lowest BCUT2D eigenvalue weighted by Gasteiger charge is -2.10. The molecular weight excluding hydrogens is 448 g/mol. The first-order chi connectivity index (χ1) is 15.1. The van der Waals surface area contributed by atoms with E-state index in [9.17, 15) is 14.9 Å². The number of thioether (sulfide) groups is 1. The third-order valence-electron chi connectivity index (χ3n) is 5.97. The lowest BCUT2D eigenvalue weighted by molar-refractivity contribution is -0.113. The maximum absolute atomic E-state index is 13.1. The standard InChI is InChI=1S/C22H22N4O2S3/c1-2-26-21(28)18-13-7-5-9-16(13)31-20(18)25-22(26)29-11-17(27)24-19-14(10-23)12-6-3-4-8-15(12)30-19/h2-9,11H2,1H3,(H,24,27). The molecule has 3 heterocycles. The molecule has 3 aromatic rings. The third kappa shape index (κ3) is 3.60. The van der Waals surface area contributed by atoms with Gasteiger partial charge in [0, 0.05) is 16.3 Å². The first-order valence-electron chi connectivity index (χ1n) is 10.6. The van der Waals surface area contributed by atoms with Gasteiger partial charge in [-0.3, -0.25) is 14.2 Å². The maximum atomic E-state index is 13.1. The highest BCUT2D eigenvalue weighted by molar-refractivity contribution is 7.99. The van der Waals surface area contributed by atoms with Crippen LogP contribution in [-0.4, -0.2) is 21.2 Å². The van der Waals surface area contributed by atoms with E-state index in [1.165, 1.54) is 38.4 Å². The van der Waals surface area contributed by atoms with Gasteiger partial charge in [-0.1, -0.05) is 11.8 Å². The molecule has 6 nitrogen and oxygen atoms in total. The van der Waals surface area contributed by atoms with Gasteiger partial charge in [0.2, 0.25) is 5.91 Å². The van der Waals surface area contributed by atoms with Crippen LogP contribution in [-0.2, 0) is 37.0 Å². The average Bonchev–Trinajstić information content (AvgIpc) is 3.44. The summed E-state index contributed by atoms with van der Waals surface area (Å²) in [6.45, 7) is 2.45. The number of aromatic nitrogens is 2. The van der Waals surface area contributed by atoms with Gasteiger partial charge in [0.1, 0.15) is 15.9 Å². The van der Waals surface area contributed by atoms with Gasteiger partial charge < -0.3 is 5.32 Å². The predicted octanol–water partition coefficient (Wildman–Crippen LogP) is 4.51. The number of thiophene rings is 2. The van der Waals surface area contributed by atoms with Gasteiger partial charge in [-0.05, 0) is 63.0 Å². The quantitative estimate of drug-likeness (QED) is 0.438. The maximum Gasteiger partial charge on any atom is 0.263 e. The summed E-state index contributed by atoms with van der Waals surface area (Å²) in [5.41, 5.74) is 2.92. The predicted molar refractivity (Wildman–Crippen MR) is 127 cm³/mol.